The van der Waals surface area contributed by atoms with Gasteiger partial charge in [0.25, 0.3) is 0 Å². The second kappa shape index (κ2) is 5.43. The smallest absolute Gasteiger partial charge is 0.243 e. The third-order valence-corrected chi connectivity index (χ3v) is 6.09. The topological polar surface area (TPSA) is 68.1 Å². The summed E-state index contributed by atoms with van der Waals surface area (Å²) in [7, 11) is -3.45. The lowest BCUT2D eigenvalue weighted by atomic mass is 10.0. The Bertz CT molecular complexity index is 926. The third-order valence-electron chi connectivity index (χ3n) is 4.20. The molecule has 0 unspecified atom stereocenters. The summed E-state index contributed by atoms with van der Waals surface area (Å²) < 4.78 is 29.0. The van der Waals surface area contributed by atoms with E-state index in [1.54, 1.807) is 23.1 Å². The molecule has 0 spiro atoms. The molecule has 4 rings (SSSR count). The van der Waals surface area contributed by atoms with Crippen LogP contribution in [0.4, 0.5) is 0 Å². The maximum Gasteiger partial charge on any atom is 0.243 e. The van der Waals surface area contributed by atoms with Crippen LogP contribution < -0.4 is 0 Å². The number of hydrogen-bond donors (Lipinski definition) is 0. The van der Waals surface area contributed by atoms with Crippen LogP contribution in [0.5, 0.6) is 0 Å². The first-order valence-corrected chi connectivity index (χ1v) is 8.89. The predicted octanol–water partition coefficient (Wildman–Crippen LogP) is 1.75. The lowest BCUT2D eigenvalue weighted by Gasteiger charge is -2.38. The molecular formula is C16H16N4O2S. The molecule has 1 aliphatic heterocycles. The van der Waals surface area contributed by atoms with Crippen molar-refractivity contribution < 1.29 is 8.42 Å². The van der Waals surface area contributed by atoms with E-state index >= 15 is 0 Å². The molecule has 3 aromatic rings. The Labute approximate surface area is 134 Å². The fraction of sp³-hybridized carbons (Fsp3) is 0.250. The van der Waals surface area contributed by atoms with E-state index in [2.05, 4.69) is 10.1 Å². The number of fused-ring (bicyclic) bond motifs is 1. The number of hydrogen-bond acceptors (Lipinski definition) is 4. The first kappa shape index (κ1) is 14.3. The van der Waals surface area contributed by atoms with Gasteiger partial charge in [-0.25, -0.2) is 13.4 Å². The molecule has 1 fully saturated rings. The molecule has 7 heteroatoms. The molecule has 2 heterocycles. The van der Waals surface area contributed by atoms with Gasteiger partial charge in [0.2, 0.25) is 10.0 Å². The van der Waals surface area contributed by atoms with Crippen molar-refractivity contribution in [2.45, 2.75) is 11.4 Å². The summed E-state index contributed by atoms with van der Waals surface area (Å²) in [6.07, 6.45) is 3.14. The average Bonchev–Trinajstić information content (AvgIpc) is 3.03. The highest BCUT2D eigenvalue weighted by molar-refractivity contribution is 7.89. The number of nitrogens with zero attached hydrogens (tertiary/aromatic N) is 4. The maximum atomic E-state index is 12.9. The molecule has 118 valence electrons. The van der Waals surface area contributed by atoms with Gasteiger partial charge in [0.15, 0.2) is 0 Å². The third kappa shape index (κ3) is 2.51. The van der Waals surface area contributed by atoms with Gasteiger partial charge in [0.1, 0.15) is 12.7 Å². The first-order chi connectivity index (χ1) is 11.1. The molecule has 2 aromatic carbocycles. The van der Waals surface area contributed by atoms with E-state index in [1.807, 2.05) is 30.3 Å². The number of rotatable bonds is 4. The van der Waals surface area contributed by atoms with Crippen LogP contribution in [0.15, 0.2) is 60.0 Å². The van der Waals surface area contributed by atoms with Gasteiger partial charge in [-0.3, -0.25) is 4.68 Å². The fourth-order valence-electron chi connectivity index (χ4n) is 2.99. The SMILES string of the molecule is O=S(=O)(c1cccc2ccccc12)N1CC(Cn2cncn2)C1. The van der Waals surface area contributed by atoms with Crippen molar-refractivity contribution in [3.05, 3.63) is 55.1 Å². The van der Waals surface area contributed by atoms with E-state index in [-0.39, 0.29) is 5.92 Å². The highest BCUT2D eigenvalue weighted by atomic mass is 32.2. The molecule has 0 amide bonds. The van der Waals surface area contributed by atoms with E-state index < -0.39 is 10.0 Å². The minimum Gasteiger partial charge on any atom is -0.253 e. The van der Waals surface area contributed by atoms with Crippen molar-refractivity contribution in [3.8, 4) is 0 Å². The summed E-state index contributed by atoms with van der Waals surface area (Å²) in [5, 5.41) is 5.77. The summed E-state index contributed by atoms with van der Waals surface area (Å²) >= 11 is 0. The average molecular weight is 328 g/mol. The fourth-order valence-corrected chi connectivity index (χ4v) is 4.79. The van der Waals surface area contributed by atoms with Gasteiger partial charge in [0, 0.05) is 30.9 Å². The van der Waals surface area contributed by atoms with Gasteiger partial charge < -0.3 is 0 Å². The Morgan fingerprint density at radius 3 is 2.65 bits per heavy atom. The van der Waals surface area contributed by atoms with Crippen molar-refractivity contribution in [2.24, 2.45) is 5.92 Å². The van der Waals surface area contributed by atoms with Gasteiger partial charge in [-0.1, -0.05) is 36.4 Å². The minimum absolute atomic E-state index is 0.279. The molecule has 1 aromatic heterocycles. The zero-order valence-electron chi connectivity index (χ0n) is 12.4. The molecule has 1 saturated heterocycles. The van der Waals surface area contributed by atoms with E-state index in [9.17, 15) is 8.42 Å². The van der Waals surface area contributed by atoms with Crippen LogP contribution in [-0.4, -0.2) is 40.6 Å². The lowest BCUT2D eigenvalue weighted by Crippen LogP contribution is -2.51. The van der Waals surface area contributed by atoms with E-state index in [0.29, 0.717) is 24.5 Å². The zero-order valence-corrected chi connectivity index (χ0v) is 13.2. The maximum absolute atomic E-state index is 12.9. The van der Waals surface area contributed by atoms with E-state index in [0.717, 1.165) is 10.8 Å². The normalized spacial score (nSPS) is 16.5. The molecule has 0 bridgehead atoms. The van der Waals surface area contributed by atoms with Crippen molar-refractivity contribution >= 4 is 20.8 Å². The highest BCUT2D eigenvalue weighted by Gasteiger charge is 2.37. The van der Waals surface area contributed by atoms with Gasteiger partial charge >= 0.3 is 0 Å². The van der Waals surface area contributed by atoms with Gasteiger partial charge in [-0.15, -0.1) is 0 Å². The molecule has 0 N–H and O–H groups in total. The monoisotopic (exact) mass is 328 g/mol. The molecule has 1 aliphatic rings. The number of sulfonamides is 1. The predicted molar refractivity (Wildman–Crippen MR) is 86.2 cm³/mol. The second-order valence-corrected chi connectivity index (χ2v) is 7.69. The van der Waals surface area contributed by atoms with Crippen LogP contribution in [0.1, 0.15) is 0 Å². The van der Waals surface area contributed by atoms with Crippen molar-refractivity contribution in [1.82, 2.24) is 19.1 Å². The van der Waals surface area contributed by atoms with Crippen LogP contribution in [-0.2, 0) is 16.6 Å². The Hall–Kier alpha value is -2.25. The lowest BCUT2D eigenvalue weighted by molar-refractivity contribution is 0.175. The number of aromatic nitrogens is 3. The van der Waals surface area contributed by atoms with Gasteiger partial charge in [0.05, 0.1) is 4.90 Å². The summed E-state index contributed by atoms with van der Waals surface area (Å²) in [5.74, 6) is 0.279. The van der Waals surface area contributed by atoms with Crippen LogP contribution in [0, 0.1) is 5.92 Å². The molecule has 0 aliphatic carbocycles. The van der Waals surface area contributed by atoms with Crippen molar-refractivity contribution in [2.75, 3.05) is 13.1 Å². The Kier molecular flexibility index (Phi) is 3.39. The molecule has 0 saturated carbocycles. The Morgan fingerprint density at radius 1 is 1.09 bits per heavy atom. The van der Waals surface area contributed by atoms with E-state index in [1.165, 1.54) is 10.6 Å². The van der Waals surface area contributed by atoms with Crippen LogP contribution in [0.3, 0.4) is 0 Å². The molecular weight excluding hydrogens is 312 g/mol. The Morgan fingerprint density at radius 2 is 1.87 bits per heavy atom. The Balaban J connectivity index is 1.57. The summed E-state index contributed by atoms with van der Waals surface area (Å²) in [6.45, 7) is 1.73. The quantitative estimate of drug-likeness (QED) is 0.732. The molecule has 0 radical (unpaired) electrons. The molecule has 23 heavy (non-hydrogen) atoms. The van der Waals surface area contributed by atoms with Crippen LogP contribution in [0.2, 0.25) is 0 Å². The van der Waals surface area contributed by atoms with Crippen molar-refractivity contribution in [3.63, 3.8) is 0 Å². The van der Waals surface area contributed by atoms with Crippen LogP contribution >= 0.6 is 0 Å². The van der Waals surface area contributed by atoms with Gasteiger partial charge in [-0.2, -0.15) is 9.40 Å². The first-order valence-electron chi connectivity index (χ1n) is 7.45. The van der Waals surface area contributed by atoms with E-state index in [4.69, 9.17) is 0 Å². The van der Waals surface area contributed by atoms with Gasteiger partial charge in [-0.05, 0) is 11.5 Å². The summed E-state index contributed by atoms with van der Waals surface area (Å²) in [5.41, 5.74) is 0. The number of benzene rings is 2. The standard InChI is InChI=1S/C16H16N4O2S/c21-23(22,16-7-3-5-14-4-1-2-6-15(14)16)20-9-13(10-20)8-19-12-17-11-18-19/h1-7,11-13H,8-10H2. The summed E-state index contributed by atoms with van der Waals surface area (Å²) in [4.78, 5) is 4.29. The molecule has 6 nitrogen and oxygen atoms in total. The molecule has 0 atom stereocenters. The minimum atomic E-state index is -3.45. The van der Waals surface area contributed by atoms with Crippen LogP contribution in [0.25, 0.3) is 10.8 Å². The highest BCUT2D eigenvalue weighted by Crippen LogP contribution is 2.30. The second-order valence-electron chi connectivity index (χ2n) is 5.78. The largest absolute Gasteiger partial charge is 0.253 e. The van der Waals surface area contributed by atoms with Crippen molar-refractivity contribution in [1.29, 1.82) is 0 Å². The zero-order chi connectivity index (χ0) is 15.9. The summed E-state index contributed by atoms with van der Waals surface area (Å²) in [6, 6.07) is 13.0.